The maximum Gasteiger partial charge on any atom is 0.263 e. The van der Waals surface area contributed by atoms with Crippen molar-refractivity contribution < 1.29 is 14.6 Å². The Labute approximate surface area is 97.2 Å². The van der Waals surface area contributed by atoms with Crippen LogP contribution in [-0.2, 0) is 4.79 Å². The summed E-state index contributed by atoms with van der Waals surface area (Å²) in [5.41, 5.74) is 0. The van der Waals surface area contributed by atoms with Gasteiger partial charge in [0.25, 0.3) is 5.91 Å². The van der Waals surface area contributed by atoms with E-state index in [4.69, 9.17) is 4.74 Å². The Balaban J connectivity index is 1.86. The van der Waals surface area contributed by atoms with Gasteiger partial charge in [0, 0.05) is 6.07 Å². The number of hydrogen-bond acceptors (Lipinski definition) is 4. The van der Waals surface area contributed by atoms with Gasteiger partial charge in [-0.2, -0.15) is 5.10 Å². The van der Waals surface area contributed by atoms with Gasteiger partial charge in [-0.25, -0.2) is 0 Å². The molecule has 0 atom stereocenters. The highest BCUT2D eigenvalue weighted by molar-refractivity contribution is 5.90. The van der Waals surface area contributed by atoms with Gasteiger partial charge in [-0.1, -0.05) is 12.1 Å². The van der Waals surface area contributed by atoms with Crippen molar-refractivity contribution >= 4 is 11.7 Å². The number of amides is 1. The quantitative estimate of drug-likeness (QED) is 0.738. The fourth-order valence-corrected chi connectivity index (χ4v) is 1.23. The van der Waals surface area contributed by atoms with Crippen LogP contribution in [0.25, 0.3) is 0 Å². The summed E-state index contributed by atoms with van der Waals surface area (Å²) in [6.45, 7) is -0.184. The Morgan fingerprint density at radius 2 is 2.24 bits per heavy atom. The highest BCUT2D eigenvalue weighted by atomic mass is 16.5. The van der Waals surface area contributed by atoms with Gasteiger partial charge >= 0.3 is 0 Å². The van der Waals surface area contributed by atoms with Crippen LogP contribution in [0.1, 0.15) is 0 Å². The van der Waals surface area contributed by atoms with Crippen LogP contribution in [0.3, 0.4) is 0 Å². The summed E-state index contributed by atoms with van der Waals surface area (Å²) in [6.07, 6.45) is 1.53. The zero-order valence-electron chi connectivity index (χ0n) is 8.88. The predicted octanol–water partition coefficient (Wildman–Crippen LogP) is 1.13. The smallest absolute Gasteiger partial charge is 0.263 e. The Bertz CT molecular complexity index is 496. The molecule has 17 heavy (non-hydrogen) atoms. The van der Waals surface area contributed by atoms with Gasteiger partial charge in [0.05, 0.1) is 6.20 Å². The molecule has 1 aromatic heterocycles. The lowest BCUT2D eigenvalue weighted by atomic mass is 10.3. The highest BCUT2D eigenvalue weighted by Gasteiger charge is 2.06. The van der Waals surface area contributed by atoms with E-state index in [1.54, 1.807) is 24.3 Å². The molecule has 88 valence electrons. The number of rotatable bonds is 4. The van der Waals surface area contributed by atoms with Crippen molar-refractivity contribution in [3.63, 3.8) is 0 Å². The van der Waals surface area contributed by atoms with Gasteiger partial charge in [-0.05, 0) is 12.1 Å². The normalized spacial score (nSPS) is 9.88. The molecule has 0 unspecified atom stereocenters. The maximum absolute atomic E-state index is 11.4. The number of carbonyl (C=O) groups excluding carboxylic acids is 1. The molecule has 0 aliphatic carbocycles. The van der Waals surface area contributed by atoms with Crippen molar-refractivity contribution in [1.29, 1.82) is 0 Å². The van der Waals surface area contributed by atoms with E-state index < -0.39 is 0 Å². The third kappa shape index (κ3) is 2.97. The molecule has 3 N–H and O–H groups in total. The molecular weight excluding hydrogens is 222 g/mol. The standard InChI is InChI=1S/C11H11N3O3/c15-8-3-1-2-4-9(8)17-7-11(16)13-10-5-6-12-14-10/h1-6,15H,7H2,(H2,12,13,14,16). The molecule has 6 heteroatoms. The molecule has 0 aliphatic heterocycles. The number of aromatic hydroxyl groups is 1. The van der Waals surface area contributed by atoms with Crippen LogP contribution in [0.2, 0.25) is 0 Å². The average Bonchev–Trinajstić information content (AvgIpc) is 2.81. The third-order valence-electron chi connectivity index (χ3n) is 2.00. The molecule has 0 aliphatic rings. The molecule has 6 nitrogen and oxygen atoms in total. The van der Waals surface area contributed by atoms with E-state index in [0.717, 1.165) is 0 Å². The van der Waals surface area contributed by atoms with Crippen LogP contribution >= 0.6 is 0 Å². The number of aromatic nitrogens is 2. The van der Waals surface area contributed by atoms with Gasteiger partial charge in [-0.15, -0.1) is 0 Å². The number of carbonyl (C=O) groups is 1. The number of aromatic amines is 1. The maximum atomic E-state index is 11.4. The molecule has 2 rings (SSSR count). The Morgan fingerprint density at radius 1 is 1.41 bits per heavy atom. The van der Waals surface area contributed by atoms with Crippen molar-refractivity contribution in [2.24, 2.45) is 0 Å². The van der Waals surface area contributed by atoms with Crippen LogP contribution in [0.15, 0.2) is 36.5 Å². The van der Waals surface area contributed by atoms with Gasteiger partial charge in [0.15, 0.2) is 18.1 Å². The Hall–Kier alpha value is -2.50. The fourth-order valence-electron chi connectivity index (χ4n) is 1.23. The first-order valence-corrected chi connectivity index (χ1v) is 4.96. The minimum Gasteiger partial charge on any atom is -0.504 e. The molecule has 0 saturated heterocycles. The van der Waals surface area contributed by atoms with Crippen molar-refractivity contribution in [2.45, 2.75) is 0 Å². The summed E-state index contributed by atoms with van der Waals surface area (Å²) in [5.74, 6) is 0.433. The summed E-state index contributed by atoms with van der Waals surface area (Å²) < 4.78 is 5.15. The number of para-hydroxylation sites is 2. The zero-order valence-corrected chi connectivity index (χ0v) is 8.88. The molecule has 0 bridgehead atoms. The molecule has 0 radical (unpaired) electrons. The third-order valence-corrected chi connectivity index (χ3v) is 2.00. The van der Waals surface area contributed by atoms with E-state index in [1.807, 2.05) is 0 Å². The van der Waals surface area contributed by atoms with E-state index in [9.17, 15) is 9.90 Å². The lowest BCUT2D eigenvalue weighted by molar-refractivity contribution is -0.118. The van der Waals surface area contributed by atoms with E-state index in [1.165, 1.54) is 12.3 Å². The highest BCUT2D eigenvalue weighted by Crippen LogP contribution is 2.24. The van der Waals surface area contributed by atoms with Gasteiger partial charge in [0.1, 0.15) is 5.82 Å². The number of benzene rings is 1. The molecule has 0 saturated carbocycles. The number of H-pyrrole nitrogens is 1. The van der Waals surface area contributed by atoms with Crippen LogP contribution in [0.5, 0.6) is 11.5 Å². The summed E-state index contributed by atoms with van der Waals surface area (Å²) in [4.78, 5) is 11.4. The van der Waals surface area contributed by atoms with Crippen molar-refractivity contribution in [1.82, 2.24) is 10.2 Å². The van der Waals surface area contributed by atoms with E-state index >= 15 is 0 Å². The fraction of sp³-hybridized carbons (Fsp3) is 0.0909. The van der Waals surface area contributed by atoms with E-state index in [0.29, 0.717) is 5.82 Å². The average molecular weight is 233 g/mol. The SMILES string of the molecule is O=C(COc1ccccc1O)Nc1ccn[nH]1. The number of anilines is 1. The first-order valence-electron chi connectivity index (χ1n) is 4.96. The number of nitrogens with one attached hydrogen (secondary N) is 2. The van der Waals surface area contributed by atoms with Gasteiger partial charge < -0.3 is 15.2 Å². The van der Waals surface area contributed by atoms with Crippen LogP contribution in [-0.4, -0.2) is 27.8 Å². The summed E-state index contributed by atoms with van der Waals surface area (Å²) in [7, 11) is 0. The largest absolute Gasteiger partial charge is 0.504 e. The lowest BCUT2D eigenvalue weighted by Gasteiger charge is -2.07. The number of ether oxygens (including phenoxy) is 1. The number of phenols is 1. The van der Waals surface area contributed by atoms with Gasteiger partial charge in [0.2, 0.25) is 0 Å². The Kier molecular flexibility index (Phi) is 3.25. The molecule has 1 heterocycles. The predicted molar refractivity (Wildman–Crippen MR) is 60.8 cm³/mol. The lowest BCUT2D eigenvalue weighted by Crippen LogP contribution is -2.20. The molecule has 0 fully saturated rings. The molecule has 0 spiro atoms. The first kappa shape index (κ1) is 11.0. The van der Waals surface area contributed by atoms with Gasteiger partial charge in [-0.3, -0.25) is 9.89 Å². The second-order valence-corrected chi connectivity index (χ2v) is 3.27. The minimum absolute atomic E-state index is 0.00170. The number of hydrogen-bond donors (Lipinski definition) is 3. The van der Waals surface area contributed by atoms with E-state index in [2.05, 4.69) is 15.5 Å². The second kappa shape index (κ2) is 5.02. The topological polar surface area (TPSA) is 87.2 Å². The van der Waals surface area contributed by atoms with Crippen molar-refractivity contribution in [3.05, 3.63) is 36.5 Å². The summed E-state index contributed by atoms with van der Waals surface area (Å²) in [6, 6.07) is 8.08. The molecule has 2 aromatic rings. The van der Waals surface area contributed by atoms with Crippen LogP contribution in [0.4, 0.5) is 5.82 Å². The van der Waals surface area contributed by atoms with Crippen molar-refractivity contribution in [3.8, 4) is 11.5 Å². The van der Waals surface area contributed by atoms with E-state index in [-0.39, 0.29) is 24.0 Å². The summed E-state index contributed by atoms with van der Waals surface area (Å²) >= 11 is 0. The minimum atomic E-state index is -0.336. The number of phenolic OH excluding ortho intramolecular Hbond substituents is 1. The number of nitrogens with zero attached hydrogens (tertiary/aromatic N) is 1. The van der Waals surface area contributed by atoms with Crippen LogP contribution < -0.4 is 10.1 Å². The van der Waals surface area contributed by atoms with Crippen molar-refractivity contribution in [2.75, 3.05) is 11.9 Å². The monoisotopic (exact) mass is 233 g/mol. The zero-order chi connectivity index (χ0) is 12.1. The van der Waals surface area contributed by atoms with Crippen LogP contribution in [0, 0.1) is 0 Å². The summed E-state index contributed by atoms with van der Waals surface area (Å²) in [5, 5.41) is 18.2. The first-order chi connectivity index (χ1) is 8.25. The molecular formula is C11H11N3O3. The molecule has 1 aromatic carbocycles. The second-order valence-electron chi connectivity index (χ2n) is 3.27. The Morgan fingerprint density at radius 3 is 2.94 bits per heavy atom. The molecule has 1 amide bonds.